The van der Waals surface area contributed by atoms with Crippen LogP contribution in [0.4, 0.5) is 0 Å². The van der Waals surface area contributed by atoms with Gasteiger partial charge in [-0.2, -0.15) is 4.99 Å². The molecule has 31 heavy (non-hydrogen) atoms. The van der Waals surface area contributed by atoms with Crippen molar-refractivity contribution in [3.05, 3.63) is 126 Å². The topological polar surface area (TPSA) is 38.7 Å². The largest absolute Gasteiger partial charge is 0.432 e. The van der Waals surface area contributed by atoms with E-state index in [9.17, 15) is 4.79 Å². The van der Waals surface area contributed by atoms with Crippen LogP contribution >= 0.6 is 0 Å². The fourth-order valence-corrected chi connectivity index (χ4v) is 3.52. The summed E-state index contributed by atoms with van der Waals surface area (Å²) < 4.78 is 5.70. The van der Waals surface area contributed by atoms with E-state index < -0.39 is 0 Å². The lowest BCUT2D eigenvalue weighted by molar-refractivity contribution is -0.115. The number of hydrogen-bond acceptors (Lipinski definition) is 2. The number of carbonyl (C=O) groups is 1. The first-order valence-electron chi connectivity index (χ1n) is 10.1. The Morgan fingerprint density at radius 3 is 1.55 bits per heavy atom. The molecule has 4 aromatic carbocycles. The summed E-state index contributed by atoms with van der Waals surface area (Å²) in [6, 6.07) is 36.3. The zero-order valence-electron chi connectivity index (χ0n) is 16.7. The van der Waals surface area contributed by atoms with Gasteiger partial charge in [-0.05, 0) is 46.0 Å². The third-order valence-corrected chi connectivity index (χ3v) is 5.18. The van der Waals surface area contributed by atoms with Crippen LogP contribution in [-0.2, 0) is 9.53 Å². The van der Waals surface area contributed by atoms with Crippen LogP contribution in [0.25, 0.3) is 28.3 Å². The zero-order valence-corrected chi connectivity index (χ0v) is 16.7. The number of ether oxygens (including phenoxy) is 1. The molecule has 1 amide bonds. The van der Waals surface area contributed by atoms with Crippen molar-refractivity contribution in [1.82, 2.24) is 0 Å². The summed E-state index contributed by atoms with van der Waals surface area (Å²) in [5.74, 6) is 0.213. The predicted octanol–water partition coefficient (Wildman–Crippen LogP) is 6.37. The second-order valence-corrected chi connectivity index (χ2v) is 7.26. The molecule has 0 radical (unpaired) electrons. The molecule has 5 rings (SSSR count). The van der Waals surface area contributed by atoms with E-state index >= 15 is 0 Å². The molecule has 4 aromatic rings. The van der Waals surface area contributed by atoms with Crippen LogP contribution in [0, 0.1) is 0 Å². The minimum atomic E-state index is -0.362. The maximum Gasteiger partial charge on any atom is 0.316 e. The Hall–Kier alpha value is -4.24. The molecule has 148 valence electrons. The van der Waals surface area contributed by atoms with Crippen LogP contribution in [0.2, 0.25) is 0 Å². The highest BCUT2D eigenvalue weighted by atomic mass is 16.5. The number of carbonyl (C=O) groups excluding carboxylic acids is 1. The maximum atomic E-state index is 12.2. The van der Waals surface area contributed by atoms with E-state index in [0.717, 1.165) is 22.3 Å². The highest BCUT2D eigenvalue weighted by Gasteiger charge is 2.23. The van der Waals surface area contributed by atoms with Crippen molar-refractivity contribution in [1.29, 1.82) is 0 Å². The van der Waals surface area contributed by atoms with Crippen molar-refractivity contribution in [2.75, 3.05) is 0 Å². The summed E-state index contributed by atoms with van der Waals surface area (Å²) in [6.45, 7) is 0. The molecular weight excluding hydrogens is 382 g/mol. The van der Waals surface area contributed by atoms with Crippen molar-refractivity contribution in [3.63, 3.8) is 0 Å². The van der Waals surface area contributed by atoms with Gasteiger partial charge in [-0.25, -0.2) is 0 Å². The van der Waals surface area contributed by atoms with Gasteiger partial charge >= 0.3 is 5.91 Å². The second-order valence-electron chi connectivity index (χ2n) is 7.26. The van der Waals surface area contributed by atoms with Crippen LogP contribution in [0.5, 0.6) is 0 Å². The molecule has 1 aliphatic heterocycles. The third kappa shape index (κ3) is 4.07. The molecule has 0 bridgehead atoms. The van der Waals surface area contributed by atoms with Gasteiger partial charge in [-0.3, -0.25) is 4.79 Å². The van der Waals surface area contributed by atoms with E-state index in [4.69, 9.17) is 4.74 Å². The highest BCUT2D eigenvalue weighted by Crippen LogP contribution is 2.26. The van der Waals surface area contributed by atoms with Crippen molar-refractivity contribution < 1.29 is 9.53 Å². The predicted molar refractivity (Wildman–Crippen MR) is 124 cm³/mol. The second kappa shape index (κ2) is 8.25. The lowest BCUT2D eigenvalue weighted by Gasteiger charge is -2.06. The first kappa shape index (κ1) is 18.8. The molecule has 1 aliphatic rings. The lowest BCUT2D eigenvalue weighted by atomic mass is 9.99. The maximum absolute atomic E-state index is 12.2. The summed E-state index contributed by atoms with van der Waals surface area (Å²) in [6.07, 6.45) is 1.73. The zero-order chi connectivity index (χ0) is 21.0. The van der Waals surface area contributed by atoms with Crippen LogP contribution in [0.15, 0.2) is 120 Å². The molecule has 0 fully saturated rings. The quantitative estimate of drug-likeness (QED) is 0.373. The summed E-state index contributed by atoms with van der Waals surface area (Å²) in [4.78, 5) is 16.2. The first-order chi connectivity index (χ1) is 15.3. The van der Waals surface area contributed by atoms with Crippen molar-refractivity contribution >= 4 is 17.9 Å². The van der Waals surface area contributed by atoms with Crippen LogP contribution < -0.4 is 0 Å². The molecule has 0 aliphatic carbocycles. The van der Waals surface area contributed by atoms with Crippen LogP contribution in [0.3, 0.4) is 0 Å². The molecule has 0 saturated carbocycles. The molecule has 0 spiro atoms. The number of hydrogen-bond donors (Lipinski definition) is 0. The van der Waals surface area contributed by atoms with Crippen LogP contribution in [-0.4, -0.2) is 11.8 Å². The van der Waals surface area contributed by atoms with Gasteiger partial charge in [0, 0.05) is 5.56 Å². The van der Waals surface area contributed by atoms with Crippen LogP contribution in [0.1, 0.15) is 11.1 Å². The van der Waals surface area contributed by atoms with Gasteiger partial charge < -0.3 is 4.74 Å². The number of nitrogens with zero attached hydrogens (tertiary/aromatic N) is 1. The van der Waals surface area contributed by atoms with Gasteiger partial charge in [0.15, 0.2) is 5.76 Å². The van der Waals surface area contributed by atoms with Gasteiger partial charge in [-0.1, -0.05) is 97.1 Å². The molecule has 0 N–H and O–H groups in total. The number of rotatable bonds is 4. The van der Waals surface area contributed by atoms with Crippen molar-refractivity contribution in [2.24, 2.45) is 4.99 Å². The summed E-state index contributed by atoms with van der Waals surface area (Å²) >= 11 is 0. The van der Waals surface area contributed by atoms with Gasteiger partial charge in [0.1, 0.15) is 0 Å². The normalized spacial score (nSPS) is 14.4. The molecule has 0 aromatic heterocycles. The fraction of sp³-hybridized carbons (Fsp3) is 0. The Balaban J connectivity index is 1.32. The smallest absolute Gasteiger partial charge is 0.316 e. The number of aliphatic imine (C=N–C) groups is 1. The molecule has 1 heterocycles. The Bertz CT molecular complexity index is 1270. The average molecular weight is 401 g/mol. The molecular formula is C28H19NO2. The Morgan fingerprint density at radius 1 is 0.548 bits per heavy atom. The molecule has 0 unspecified atom stereocenters. The molecule has 3 heteroatoms. The minimum Gasteiger partial charge on any atom is -0.432 e. The van der Waals surface area contributed by atoms with Gasteiger partial charge in [0.05, 0.1) is 0 Å². The minimum absolute atomic E-state index is 0.235. The summed E-state index contributed by atoms with van der Waals surface area (Å²) in [5.41, 5.74) is 6.32. The summed E-state index contributed by atoms with van der Waals surface area (Å²) in [7, 11) is 0. The van der Waals surface area contributed by atoms with Gasteiger partial charge in [0.25, 0.3) is 0 Å². The SMILES string of the molecule is O=C1N=C(c2ccccc2)O/C1=C/c1ccc(-c2ccc(-c3ccccc3)cc2)cc1. The Labute approximate surface area is 181 Å². The number of benzene rings is 4. The third-order valence-electron chi connectivity index (χ3n) is 5.18. The number of amides is 1. The standard InChI is InChI=1S/C28H19NO2/c30-27-26(31-28(29-27)25-9-5-2-6-10-25)19-20-11-13-22(14-12-20)24-17-15-23(16-18-24)21-7-3-1-4-8-21/h1-19H/b26-19+. The van der Waals surface area contributed by atoms with Gasteiger partial charge in [0.2, 0.25) is 5.90 Å². The highest BCUT2D eigenvalue weighted by molar-refractivity contribution is 6.14. The Kier molecular flexibility index (Phi) is 4.99. The van der Waals surface area contributed by atoms with E-state index in [-0.39, 0.29) is 11.7 Å². The van der Waals surface area contributed by atoms with Crippen molar-refractivity contribution in [3.8, 4) is 22.3 Å². The fourth-order valence-electron chi connectivity index (χ4n) is 3.52. The lowest BCUT2D eigenvalue weighted by Crippen LogP contribution is -1.99. The van der Waals surface area contributed by atoms with E-state index in [2.05, 4.69) is 41.4 Å². The molecule has 0 saturated heterocycles. The van der Waals surface area contributed by atoms with Crippen molar-refractivity contribution in [2.45, 2.75) is 0 Å². The van der Waals surface area contributed by atoms with E-state index in [1.165, 1.54) is 11.1 Å². The summed E-state index contributed by atoms with van der Waals surface area (Å²) in [5, 5.41) is 0. The van der Waals surface area contributed by atoms with E-state index in [1.807, 2.05) is 72.8 Å². The van der Waals surface area contributed by atoms with E-state index in [1.54, 1.807) is 6.08 Å². The molecule has 3 nitrogen and oxygen atoms in total. The average Bonchev–Trinajstić information content (AvgIpc) is 3.21. The monoisotopic (exact) mass is 401 g/mol. The van der Waals surface area contributed by atoms with E-state index in [0.29, 0.717) is 5.90 Å². The van der Waals surface area contributed by atoms with Gasteiger partial charge in [-0.15, -0.1) is 0 Å². The molecule has 0 atom stereocenters. The Morgan fingerprint density at radius 2 is 1.00 bits per heavy atom. The first-order valence-corrected chi connectivity index (χ1v) is 10.1.